The van der Waals surface area contributed by atoms with Gasteiger partial charge < -0.3 is 9.67 Å². The summed E-state index contributed by atoms with van der Waals surface area (Å²) in [7, 11) is 0. The van der Waals surface area contributed by atoms with Gasteiger partial charge in [0.2, 0.25) is 0 Å². The molecule has 5 nitrogen and oxygen atoms in total. The third kappa shape index (κ3) is 3.14. The molecule has 0 unspecified atom stereocenters. The lowest BCUT2D eigenvalue weighted by molar-refractivity contribution is 0.157. The Labute approximate surface area is 150 Å². The molecule has 0 aliphatic carbocycles. The summed E-state index contributed by atoms with van der Waals surface area (Å²) < 4.78 is 17.4. The Balaban J connectivity index is 1.73. The van der Waals surface area contributed by atoms with Gasteiger partial charge >= 0.3 is 0 Å². The Kier molecular flexibility index (Phi) is 4.33. The van der Waals surface area contributed by atoms with Crippen molar-refractivity contribution in [2.75, 3.05) is 0 Å². The average molecular weight is 348 g/mol. The van der Waals surface area contributed by atoms with Gasteiger partial charge in [0.05, 0.1) is 18.3 Å². The van der Waals surface area contributed by atoms with Gasteiger partial charge in [-0.1, -0.05) is 30.3 Å². The zero-order valence-corrected chi connectivity index (χ0v) is 13.9. The molecule has 0 saturated heterocycles. The minimum Gasteiger partial charge on any atom is -0.387 e. The van der Waals surface area contributed by atoms with E-state index in [1.807, 2.05) is 34.9 Å². The number of aromatic nitrogens is 4. The van der Waals surface area contributed by atoms with Gasteiger partial charge in [-0.15, -0.1) is 0 Å². The van der Waals surface area contributed by atoms with Crippen LogP contribution in [0.5, 0.6) is 0 Å². The van der Waals surface area contributed by atoms with E-state index in [2.05, 4.69) is 10.1 Å². The molecule has 6 heteroatoms. The Hall–Kier alpha value is -3.25. The van der Waals surface area contributed by atoms with Crippen LogP contribution < -0.4 is 0 Å². The highest BCUT2D eigenvalue weighted by atomic mass is 19.1. The van der Waals surface area contributed by atoms with Crippen LogP contribution in [0.1, 0.15) is 11.7 Å². The molecule has 1 atom stereocenters. The molecule has 1 N–H and O–H groups in total. The zero-order valence-electron chi connectivity index (χ0n) is 13.9. The molecule has 4 aromatic rings. The number of nitrogens with zero attached hydrogens (tertiary/aromatic N) is 4. The van der Waals surface area contributed by atoms with Crippen molar-refractivity contribution in [3.8, 4) is 17.1 Å². The van der Waals surface area contributed by atoms with Gasteiger partial charge in [0.25, 0.3) is 0 Å². The molecule has 4 rings (SSSR count). The van der Waals surface area contributed by atoms with Crippen molar-refractivity contribution in [3.05, 3.63) is 90.8 Å². The van der Waals surface area contributed by atoms with E-state index in [1.165, 1.54) is 12.1 Å². The minimum absolute atomic E-state index is 0.314. The smallest absolute Gasteiger partial charge is 0.142 e. The number of halogens is 1. The standard InChI is InChI=1S/C20H17FN4O/c21-16-7-8-18(25-11-4-9-23-25)17(13-16)20-22-10-12-24(20)14-19(26)15-5-2-1-3-6-15/h1-13,19,26H,14H2/t19-/m1/s1. The molecule has 0 bridgehead atoms. The molecule has 2 aromatic carbocycles. The Morgan fingerprint density at radius 1 is 1.00 bits per heavy atom. The molecule has 2 aromatic heterocycles. The fourth-order valence-corrected chi connectivity index (χ4v) is 2.97. The zero-order chi connectivity index (χ0) is 17.9. The van der Waals surface area contributed by atoms with E-state index in [-0.39, 0.29) is 5.82 Å². The third-order valence-electron chi connectivity index (χ3n) is 4.22. The van der Waals surface area contributed by atoms with Gasteiger partial charge in [0.15, 0.2) is 0 Å². The number of aliphatic hydroxyl groups excluding tert-OH is 1. The van der Waals surface area contributed by atoms with Crippen molar-refractivity contribution in [2.45, 2.75) is 12.6 Å². The van der Waals surface area contributed by atoms with Crippen LogP contribution in [0.2, 0.25) is 0 Å². The molecule has 2 heterocycles. The predicted molar refractivity (Wildman–Crippen MR) is 96.1 cm³/mol. The van der Waals surface area contributed by atoms with E-state index >= 15 is 0 Å². The molecule has 26 heavy (non-hydrogen) atoms. The first-order valence-corrected chi connectivity index (χ1v) is 8.26. The van der Waals surface area contributed by atoms with E-state index < -0.39 is 6.10 Å². The van der Waals surface area contributed by atoms with E-state index in [9.17, 15) is 9.50 Å². The lowest BCUT2D eigenvalue weighted by Gasteiger charge is -2.16. The summed E-state index contributed by atoms with van der Waals surface area (Å²) in [4.78, 5) is 4.39. The Morgan fingerprint density at radius 3 is 2.62 bits per heavy atom. The monoisotopic (exact) mass is 348 g/mol. The van der Waals surface area contributed by atoms with Gasteiger partial charge in [-0.25, -0.2) is 14.1 Å². The van der Waals surface area contributed by atoms with Gasteiger partial charge in [-0.2, -0.15) is 5.10 Å². The second-order valence-corrected chi connectivity index (χ2v) is 5.94. The van der Waals surface area contributed by atoms with Gasteiger partial charge in [-0.05, 0) is 29.8 Å². The summed E-state index contributed by atoms with van der Waals surface area (Å²) >= 11 is 0. The summed E-state index contributed by atoms with van der Waals surface area (Å²) in [5, 5.41) is 14.8. The van der Waals surface area contributed by atoms with Crippen LogP contribution >= 0.6 is 0 Å². The van der Waals surface area contributed by atoms with E-state index in [4.69, 9.17) is 0 Å². The Bertz CT molecular complexity index is 996. The molecule has 0 amide bonds. The van der Waals surface area contributed by atoms with E-state index in [0.29, 0.717) is 17.9 Å². The van der Waals surface area contributed by atoms with Gasteiger partial charge in [0.1, 0.15) is 11.6 Å². The maximum absolute atomic E-state index is 13.9. The summed E-state index contributed by atoms with van der Waals surface area (Å²) in [6.45, 7) is 0.314. The molecule has 0 saturated carbocycles. The highest BCUT2D eigenvalue weighted by molar-refractivity contribution is 5.67. The summed E-state index contributed by atoms with van der Waals surface area (Å²) in [6.07, 6.45) is 6.19. The summed E-state index contributed by atoms with van der Waals surface area (Å²) in [6, 6.07) is 15.7. The first-order valence-electron chi connectivity index (χ1n) is 8.26. The van der Waals surface area contributed by atoms with E-state index in [1.54, 1.807) is 41.6 Å². The SMILES string of the molecule is O[C@H](Cn1ccnc1-c1cc(F)ccc1-n1cccn1)c1ccccc1. The van der Waals surface area contributed by atoms with Crippen LogP contribution in [0, 0.1) is 5.82 Å². The van der Waals surface area contributed by atoms with Crippen LogP contribution in [-0.4, -0.2) is 24.4 Å². The number of aliphatic hydroxyl groups is 1. The Morgan fingerprint density at radius 2 is 1.85 bits per heavy atom. The quantitative estimate of drug-likeness (QED) is 0.599. The highest BCUT2D eigenvalue weighted by Gasteiger charge is 2.16. The average Bonchev–Trinajstić information content (AvgIpc) is 3.34. The third-order valence-corrected chi connectivity index (χ3v) is 4.22. The lowest BCUT2D eigenvalue weighted by atomic mass is 10.1. The normalized spacial score (nSPS) is 12.2. The number of rotatable bonds is 5. The number of hydrogen-bond acceptors (Lipinski definition) is 3. The molecular weight excluding hydrogens is 331 g/mol. The van der Waals surface area contributed by atoms with Crippen molar-refractivity contribution < 1.29 is 9.50 Å². The molecule has 0 aliphatic rings. The maximum atomic E-state index is 13.9. The molecular formula is C20H17FN4O. The molecule has 130 valence electrons. The van der Waals surface area contributed by atoms with Crippen LogP contribution in [0.4, 0.5) is 4.39 Å². The van der Waals surface area contributed by atoms with Crippen LogP contribution in [0.3, 0.4) is 0 Å². The first kappa shape index (κ1) is 16.2. The minimum atomic E-state index is -0.689. The molecule has 0 radical (unpaired) electrons. The van der Waals surface area contributed by atoms with Crippen LogP contribution in [0.25, 0.3) is 17.1 Å². The maximum Gasteiger partial charge on any atom is 0.142 e. The number of benzene rings is 2. The predicted octanol–water partition coefficient (Wildman–Crippen LogP) is 3.61. The first-order chi connectivity index (χ1) is 12.7. The number of hydrogen-bond donors (Lipinski definition) is 1. The second kappa shape index (κ2) is 6.93. The second-order valence-electron chi connectivity index (χ2n) is 5.94. The van der Waals surface area contributed by atoms with Crippen LogP contribution in [0.15, 0.2) is 79.4 Å². The molecule has 0 spiro atoms. The van der Waals surface area contributed by atoms with Crippen molar-refractivity contribution in [1.82, 2.24) is 19.3 Å². The fourth-order valence-electron chi connectivity index (χ4n) is 2.97. The van der Waals surface area contributed by atoms with Crippen molar-refractivity contribution >= 4 is 0 Å². The van der Waals surface area contributed by atoms with Crippen LogP contribution in [-0.2, 0) is 6.54 Å². The van der Waals surface area contributed by atoms with Gasteiger partial charge in [-0.3, -0.25) is 0 Å². The van der Waals surface area contributed by atoms with Crippen molar-refractivity contribution in [1.29, 1.82) is 0 Å². The molecule has 0 aliphatic heterocycles. The number of imidazole rings is 1. The lowest BCUT2D eigenvalue weighted by Crippen LogP contribution is -2.10. The van der Waals surface area contributed by atoms with Gasteiger partial charge in [0, 0.05) is 30.4 Å². The topological polar surface area (TPSA) is 55.9 Å². The highest BCUT2D eigenvalue weighted by Crippen LogP contribution is 2.27. The fraction of sp³-hybridized carbons (Fsp3) is 0.100. The largest absolute Gasteiger partial charge is 0.387 e. The van der Waals surface area contributed by atoms with E-state index in [0.717, 1.165) is 11.3 Å². The van der Waals surface area contributed by atoms with Crippen molar-refractivity contribution in [2.24, 2.45) is 0 Å². The molecule has 0 fully saturated rings. The summed E-state index contributed by atoms with van der Waals surface area (Å²) in [5.41, 5.74) is 2.15. The van der Waals surface area contributed by atoms with Crippen molar-refractivity contribution in [3.63, 3.8) is 0 Å². The summed E-state index contributed by atoms with van der Waals surface area (Å²) in [5.74, 6) is 0.221.